The fraction of sp³-hybridized carbons (Fsp3) is 0.875. The highest BCUT2D eigenvalue weighted by Crippen LogP contribution is 1.99. The van der Waals surface area contributed by atoms with Crippen molar-refractivity contribution in [3.05, 3.63) is 0 Å². The van der Waals surface area contributed by atoms with Crippen molar-refractivity contribution in [2.75, 3.05) is 13.2 Å². The maximum Gasteiger partial charge on any atom is 0.235 e. The van der Waals surface area contributed by atoms with Gasteiger partial charge in [0.25, 0.3) is 0 Å². The van der Waals surface area contributed by atoms with Gasteiger partial charge in [0.2, 0.25) is 5.91 Å². The quantitative estimate of drug-likeness (QED) is 0.404. The van der Waals surface area contributed by atoms with Gasteiger partial charge in [0.15, 0.2) is 0 Å². The number of carbonyl (C=O) groups is 1. The lowest BCUT2D eigenvalue weighted by Gasteiger charge is -2.21. The number of primary amides is 1. The van der Waals surface area contributed by atoms with Gasteiger partial charge in [0, 0.05) is 12.6 Å². The van der Waals surface area contributed by atoms with Gasteiger partial charge in [-0.05, 0) is 5.92 Å². The van der Waals surface area contributed by atoms with Crippen LogP contribution in [-0.2, 0) is 4.79 Å². The minimum atomic E-state index is -0.687. The predicted octanol–water partition coefficient (Wildman–Crippen LogP) is -1.59. The van der Waals surface area contributed by atoms with Gasteiger partial charge >= 0.3 is 0 Å². The lowest BCUT2D eigenvalue weighted by molar-refractivity contribution is -0.119. The molecule has 13 heavy (non-hydrogen) atoms. The summed E-state index contributed by atoms with van der Waals surface area (Å²) in [4.78, 5) is 10.6. The van der Waals surface area contributed by atoms with Gasteiger partial charge in [-0.3, -0.25) is 4.79 Å². The normalized spacial score (nSPS) is 15.8. The van der Waals surface area contributed by atoms with Gasteiger partial charge in [0.1, 0.15) is 0 Å². The van der Waals surface area contributed by atoms with Crippen LogP contribution in [0.5, 0.6) is 0 Å². The number of aliphatic hydroxyl groups excluding tert-OH is 1. The van der Waals surface area contributed by atoms with E-state index in [-0.39, 0.29) is 12.6 Å². The molecular weight excluding hydrogens is 170 g/mol. The Morgan fingerprint density at radius 1 is 1.54 bits per heavy atom. The molecule has 0 aromatic carbocycles. The minimum absolute atomic E-state index is 0.0309. The maximum absolute atomic E-state index is 10.6. The van der Waals surface area contributed by atoms with Gasteiger partial charge < -0.3 is 21.9 Å². The molecule has 0 saturated heterocycles. The molecule has 2 atom stereocenters. The molecule has 0 bridgehead atoms. The Bertz CT molecular complexity index is 161. The molecule has 5 heteroatoms. The minimum Gasteiger partial charge on any atom is -0.395 e. The Morgan fingerprint density at radius 3 is 2.38 bits per heavy atom. The molecule has 0 aromatic rings. The van der Waals surface area contributed by atoms with E-state index < -0.39 is 11.9 Å². The van der Waals surface area contributed by atoms with Crippen LogP contribution >= 0.6 is 0 Å². The molecule has 0 heterocycles. The standard InChI is InChI=1S/C8H19N3O2/c1-5(2)7(4-12)11-3-6(9)8(10)13/h5-7,11-12H,3-4,9H2,1-2H3,(H2,10,13). The van der Waals surface area contributed by atoms with Crippen molar-refractivity contribution in [3.63, 3.8) is 0 Å². The Balaban J connectivity index is 3.78. The van der Waals surface area contributed by atoms with Crippen LogP contribution in [0.25, 0.3) is 0 Å². The zero-order chi connectivity index (χ0) is 10.4. The molecule has 2 unspecified atom stereocenters. The summed E-state index contributed by atoms with van der Waals surface area (Å²) in [6.07, 6.45) is 0. The van der Waals surface area contributed by atoms with Crippen LogP contribution in [0.4, 0.5) is 0 Å². The summed E-state index contributed by atoms with van der Waals surface area (Å²) < 4.78 is 0. The second-order valence-electron chi connectivity index (χ2n) is 3.45. The first-order valence-electron chi connectivity index (χ1n) is 4.38. The Morgan fingerprint density at radius 2 is 2.08 bits per heavy atom. The zero-order valence-electron chi connectivity index (χ0n) is 8.16. The summed E-state index contributed by atoms with van der Waals surface area (Å²) in [6.45, 7) is 4.29. The number of carbonyl (C=O) groups excluding carboxylic acids is 1. The van der Waals surface area contributed by atoms with Crippen molar-refractivity contribution >= 4 is 5.91 Å². The molecule has 1 amide bonds. The van der Waals surface area contributed by atoms with Crippen molar-refractivity contribution in [1.82, 2.24) is 5.32 Å². The second-order valence-corrected chi connectivity index (χ2v) is 3.45. The molecule has 5 nitrogen and oxygen atoms in total. The van der Waals surface area contributed by atoms with Gasteiger partial charge in [-0.15, -0.1) is 0 Å². The Labute approximate surface area is 78.5 Å². The fourth-order valence-corrected chi connectivity index (χ4v) is 0.890. The van der Waals surface area contributed by atoms with Crippen LogP contribution in [0.2, 0.25) is 0 Å². The third kappa shape index (κ3) is 4.82. The fourth-order valence-electron chi connectivity index (χ4n) is 0.890. The predicted molar refractivity (Wildman–Crippen MR) is 50.9 cm³/mol. The number of nitrogens with two attached hydrogens (primary N) is 2. The monoisotopic (exact) mass is 189 g/mol. The van der Waals surface area contributed by atoms with Crippen molar-refractivity contribution < 1.29 is 9.90 Å². The highest BCUT2D eigenvalue weighted by atomic mass is 16.3. The second kappa shape index (κ2) is 5.90. The van der Waals surface area contributed by atoms with E-state index in [1.54, 1.807) is 0 Å². The van der Waals surface area contributed by atoms with Gasteiger partial charge in [-0.25, -0.2) is 0 Å². The molecule has 0 rings (SSSR count). The number of rotatable bonds is 6. The average Bonchev–Trinajstić information content (AvgIpc) is 2.04. The van der Waals surface area contributed by atoms with E-state index in [1.807, 2.05) is 13.8 Å². The SMILES string of the molecule is CC(C)C(CO)NCC(N)C(N)=O. The maximum atomic E-state index is 10.6. The molecule has 0 saturated carbocycles. The van der Waals surface area contributed by atoms with Crippen LogP contribution in [0.15, 0.2) is 0 Å². The van der Waals surface area contributed by atoms with E-state index in [2.05, 4.69) is 5.32 Å². The number of nitrogens with one attached hydrogen (secondary N) is 1. The lowest BCUT2D eigenvalue weighted by atomic mass is 10.1. The molecule has 78 valence electrons. The molecule has 6 N–H and O–H groups in total. The third-order valence-electron chi connectivity index (χ3n) is 1.97. The topological polar surface area (TPSA) is 101 Å². The smallest absolute Gasteiger partial charge is 0.235 e. The molecule has 0 spiro atoms. The number of aliphatic hydroxyl groups is 1. The number of amides is 1. The Hall–Kier alpha value is -0.650. The third-order valence-corrected chi connectivity index (χ3v) is 1.97. The van der Waals surface area contributed by atoms with Crippen LogP contribution < -0.4 is 16.8 Å². The summed E-state index contributed by atoms with van der Waals surface area (Å²) in [5.74, 6) is -0.238. The van der Waals surface area contributed by atoms with E-state index in [4.69, 9.17) is 16.6 Å². The summed E-state index contributed by atoms with van der Waals surface area (Å²) in [6, 6.07) is -0.724. The summed E-state index contributed by atoms with van der Waals surface area (Å²) in [5.41, 5.74) is 10.4. The lowest BCUT2D eigenvalue weighted by Crippen LogP contribution is -2.49. The van der Waals surface area contributed by atoms with Crippen molar-refractivity contribution in [2.45, 2.75) is 25.9 Å². The summed E-state index contributed by atoms with van der Waals surface area (Å²) >= 11 is 0. The van der Waals surface area contributed by atoms with E-state index in [9.17, 15) is 4.79 Å². The molecule has 0 aliphatic carbocycles. The van der Waals surface area contributed by atoms with Gasteiger partial charge in [0.05, 0.1) is 12.6 Å². The van der Waals surface area contributed by atoms with E-state index in [0.29, 0.717) is 12.5 Å². The van der Waals surface area contributed by atoms with E-state index >= 15 is 0 Å². The summed E-state index contributed by atoms with van der Waals surface area (Å²) in [7, 11) is 0. The first-order valence-corrected chi connectivity index (χ1v) is 4.38. The van der Waals surface area contributed by atoms with Crippen LogP contribution in [0, 0.1) is 5.92 Å². The average molecular weight is 189 g/mol. The number of hydrogen-bond donors (Lipinski definition) is 4. The van der Waals surface area contributed by atoms with Gasteiger partial charge in [-0.2, -0.15) is 0 Å². The summed E-state index contributed by atoms with van der Waals surface area (Å²) in [5, 5.41) is 11.9. The Kier molecular flexibility index (Phi) is 5.61. The van der Waals surface area contributed by atoms with Crippen molar-refractivity contribution in [1.29, 1.82) is 0 Å². The molecule has 0 aromatic heterocycles. The van der Waals surface area contributed by atoms with E-state index in [1.165, 1.54) is 0 Å². The van der Waals surface area contributed by atoms with Crippen molar-refractivity contribution in [2.24, 2.45) is 17.4 Å². The first kappa shape index (κ1) is 12.3. The number of hydrogen-bond acceptors (Lipinski definition) is 4. The zero-order valence-corrected chi connectivity index (χ0v) is 8.16. The van der Waals surface area contributed by atoms with Crippen LogP contribution in [0.1, 0.15) is 13.8 Å². The van der Waals surface area contributed by atoms with Crippen molar-refractivity contribution in [3.8, 4) is 0 Å². The molecule has 0 radical (unpaired) electrons. The van der Waals surface area contributed by atoms with Crippen LogP contribution in [-0.4, -0.2) is 36.2 Å². The van der Waals surface area contributed by atoms with E-state index in [0.717, 1.165) is 0 Å². The molecule has 0 fully saturated rings. The highest BCUT2D eigenvalue weighted by Gasteiger charge is 2.14. The molecule has 0 aliphatic heterocycles. The largest absolute Gasteiger partial charge is 0.395 e. The highest BCUT2D eigenvalue weighted by molar-refractivity contribution is 5.79. The first-order chi connectivity index (χ1) is 5.99. The van der Waals surface area contributed by atoms with Crippen LogP contribution in [0.3, 0.4) is 0 Å². The van der Waals surface area contributed by atoms with Gasteiger partial charge in [-0.1, -0.05) is 13.8 Å². The molecule has 0 aliphatic rings. The molecular formula is C8H19N3O2.